The molecule has 0 bridgehead atoms. The maximum absolute atomic E-state index is 11.4. The van der Waals surface area contributed by atoms with Gasteiger partial charge in [0.25, 0.3) is 5.91 Å². The average Bonchev–Trinajstić information content (AvgIpc) is 2.85. The first-order valence-corrected chi connectivity index (χ1v) is 6.14. The molecule has 0 radical (unpaired) electrons. The van der Waals surface area contributed by atoms with Crippen molar-refractivity contribution in [2.24, 2.45) is 11.6 Å². The predicted molar refractivity (Wildman–Crippen MR) is 74.4 cm³/mol. The van der Waals surface area contributed by atoms with E-state index in [4.69, 9.17) is 20.7 Å². The van der Waals surface area contributed by atoms with Crippen molar-refractivity contribution in [3.8, 4) is 5.75 Å². The van der Waals surface area contributed by atoms with E-state index in [9.17, 15) is 9.59 Å². The molecule has 1 aromatic heterocycles. The largest absolute Gasteiger partial charge is 0.488 e. The second-order valence-corrected chi connectivity index (χ2v) is 4.31. The molecule has 0 fully saturated rings. The summed E-state index contributed by atoms with van der Waals surface area (Å²) in [5.41, 5.74) is 8.22. The Morgan fingerprint density at radius 1 is 1.33 bits per heavy atom. The molecule has 0 saturated carbocycles. The predicted octanol–water partition coefficient (Wildman–Crippen LogP) is 0.869. The molecule has 0 aliphatic rings. The number of benzene rings is 1. The fourth-order valence-electron chi connectivity index (χ4n) is 1.80. The van der Waals surface area contributed by atoms with Gasteiger partial charge in [-0.15, -0.1) is 0 Å². The number of nitrogen functional groups attached to an aromatic ring is 1. The second-order valence-electron chi connectivity index (χ2n) is 4.31. The van der Waals surface area contributed by atoms with E-state index in [1.165, 1.54) is 6.07 Å². The highest BCUT2D eigenvalue weighted by molar-refractivity contribution is 5.95. The Labute approximate surface area is 120 Å². The van der Waals surface area contributed by atoms with Gasteiger partial charge in [0, 0.05) is 5.56 Å². The molecule has 7 heteroatoms. The number of hydrogen-bond donors (Lipinski definition) is 3. The quantitative estimate of drug-likeness (QED) is 0.428. The monoisotopic (exact) mass is 289 g/mol. The van der Waals surface area contributed by atoms with Gasteiger partial charge in [0.1, 0.15) is 18.1 Å². The molecule has 0 atom stereocenters. The number of amides is 2. The number of carbonyl (C=O) groups is 2. The van der Waals surface area contributed by atoms with E-state index >= 15 is 0 Å². The number of carbonyl (C=O) groups excluding carboxylic acids is 2. The molecule has 0 aliphatic carbocycles. The summed E-state index contributed by atoms with van der Waals surface area (Å²) in [6.45, 7) is 1.84. The van der Waals surface area contributed by atoms with Crippen molar-refractivity contribution in [3.05, 3.63) is 53.0 Å². The molecule has 110 valence electrons. The van der Waals surface area contributed by atoms with Gasteiger partial charge >= 0.3 is 5.91 Å². The maximum atomic E-state index is 11.4. The summed E-state index contributed by atoms with van der Waals surface area (Å²) in [5.74, 6) is 4.94. The van der Waals surface area contributed by atoms with E-state index in [1.54, 1.807) is 31.2 Å². The highest BCUT2D eigenvalue weighted by atomic mass is 16.5. The number of furan rings is 1. The van der Waals surface area contributed by atoms with Crippen LogP contribution in [0.4, 0.5) is 0 Å². The lowest BCUT2D eigenvalue weighted by atomic mass is 10.2. The molecular formula is C14H15N3O4. The molecule has 1 aromatic carbocycles. The normalized spacial score (nSPS) is 10.2. The molecule has 0 unspecified atom stereocenters. The van der Waals surface area contributed by atoms with Crippen LogP contribution in [0.25, 0.3) is 0 Å². The fourth-order valence-corrected chi connectivity index (χ4v) is 1.80. The average molecular weight is 289 g/mol. The van der Waals surface area contributed by atoms with Gasteiger partial charge in [-0.2, -0.15) is 0 Å². The summed E-state index contributed by atoms with van der Waals surface area (Å²) >= 11 is 0. The van der Waals surface area contributed by atoms with Crippen molar-refractivity contribution in [2.75, 3.05) is 0 Å². The Kier molecular flexibility index (Phi) is 4.24. The minimum atomic E-state index is -0.572. The molecule has 2 aromatic rings. The van der Waals surface area contributed by atoms with Gasteiger partial charge in [0.15, 0.2) is 5.76 Å². The van der Waals surface area contributed by atoms with Gasteiger partial charge in [-0.3, -0.25) is 15.0 Å². The van der Waals surface area contributed by atoms with Gasteiger partial charge in [0.05, 0.1) is 5.56 Å². The van der Waals surface area contributed by atoms with E-state index < -0.39 is 11.8 Å². The van der Waals surface area contributed by atoms with Crippen LogP contribution < -0.4 is 21.7 Å². The number of nitrogens with two attached hydrogens (primary N) is 2. The van der Waals surface area contributed by atoms with Crippen LogP contribution in [-0.4, -0.2) is 11.8 Å². The second kappa shape index (κ2) is 6.10. The molecule has 5 N–H and O–H groups in total. The number of hydrazine groups is 1. The molecule has 0 saturated heterocycles. The lowest BCUT2D eigenvalue weighted by Gasteiger charge is -2.08. The van der Waals surface area contributed by atoms with E-state index in [2.05, 4.69) is 0 Å². The van der Waals surface area contributed by atoms with Crippen molar-refractivity contribution in [2.45, 2.75) is 13.5 Å². The molecule has 7 nitrogen and oxygen atoms in total. The molecule has 2 rings (SSSR count). The highest BCUT2D eigenvalue weighted by Crippen LogP contribution is 2.21. The Morgan fingerprint density at radius 3 is 2.71 bits per heavy atom. The van der Waals surface area contributed by atoms with Crippen molar-refractivity contribution in [1.82, 2.24) is 5.43 Å². The first-order chi connectivity index (χ1) is 10.0. The van der Waals surface area contributed by atoms with Crippen LogP contribution in [0.5, 0.6) is 5.75 Å². The summed E-state index contributed by atoms with van der Waals surface area (Å²) in [6, 6.07) is 8.18. The van der Waals surface area contributed by atoms with Crippen molar-refractivity contribution in [1.29, 1.82) is 0 Å². The van der Waals surface area contributed by atoms with Gasteiger partial charge in [-0.05, 0) is 25.1 Å². The van der Waals surface area contributed by atoms with Gasteiger partial charge in [0.2, 0.25) is 0 Å². The topological polar surface area (TPSA) is 121 Å². The van der Waals surface area contributed by atoms with E-state index in [-0.39, 0.29) is 12.4 Å². The van der Waals surface area contributed by atoms with Gasteiger partial charge < -0.3 is 14.9 Å². The van der Waals surface area contributed by atoms with Crippen LogP contribution in [0.15, 0.2) is 34.7 Å². The van der Waals surface area contributed by atoms with Crippen LogP contribution in [-0.2, 0) is 6.61 Å². The summed E-state index contributed by atoms with van der Waals surface area (Å²) in [6.07, 6.45) is 0. The van der Waals surface area contributed by atoms with Crippen molar-refractivity contribution >= 4 is 11.8 Å². The number of aryl methyl sites for hydroxylation is 1. The number of primary amides is 1. The Balaban J connectivity index is 2.15. The highest BCUT2D eigenvalue weighted by Gasteiger charge is 2.15. The van der Waals surface area contributed by atoms with E-state index in [0.717, 1.165) is 0 Å². The van der Waals surface area contributed by atoms with Crippen molar-refractivity contribution < 1.29 is 18.7 Å². The van der Waals surface area contributed by atoms with Crippen LogP contribution in [0.1, 0.15) is 32.2 Å². The number of nitrogens with one attached hydrogen (secondary N) is 1. The Morgan fingerprint density at radius 2 is 2.05 bits per heavy atom. The van der Waals surface area contributed by atoms with E-state index in [1.807, 2.05) is 5.43 Å². The zero-order valence-corrected chi connectivity index (χ0v) is 11.4. The molecule has 0 aliphatic heterocycles. The molecule has 0 spiro atoms. The minimum Gasteiger partial charge on any atom is -0.488 e. The molecule has 21 heavy (non-hydrogen) atoms. The van der Waals surface area contributed by atoms with E-state index in [0.29, 0.717) is 22.6 Å². The van der Waals surface area contributed by atoms with Crippen LogP contribution in [0.2, 0.25) is 0 Å². The third kappa shape index (κ3) is 3.21. The fraction of sp³-hybridized carbons (Fsp3) is 0.143. The summed E-state index contributed by atoms with van der Waals surface area (Å²) in [7, 11) is 0. The number of hydrogen-bond acceptors (Lipinski definition) is 5. The SMILES string of the molecule is Cc1oc(C(=O)NN)cc1COc1ccccc1C(N)=O. The van der Waals surface area contributed by atoms with Crippen LogP contribution in [0.3, 0.4) is 0 Å². The minimum absolute atomic E-state index is 0.0942. The molecule has 1 heterocycles. The number of para-hydroxylation sites is 1. The van der Waals surface area contributed by atoms with Crippen molar-refractivity contribution in [3.63, 3.8) is 0 Å². The standard InChI is InChI=1S/C14H15N3O4/c1-8-9(6-12(21-8)14(19)17-16)7-20-11-5-3-2-4-10(11)13(15)18/h2-6H,7,16H2,1H3,(H2,15,18)(H,17,19). The molecular weight excluding hydrogens is 274 g/mol. The smallest absolute Gasteiger partial charge is 0.300 e. The third-order valence-corrected chi connectivity index (χ3v) is 2.91. The third-order valence-electron chi connectivity index (χ3n) is 2.91. The maximum Gasteiger partial charge on any atom is 0.300 e. The summed E-state index contributed by atoms with van der Waals surface area (Å²) in [4.78, 5) is 22.7. The number of rotatable bonds is 5. The first kappa shape index (κ1) is 14.6. The number of ether oxygens (including phenoxy) is 1. The first-order valence-electron chi connectivity index (χ1n) is 6.14. The van der Waals surface area contributed by atoms with Gasteiger partial charge in [-0.1, -0.05) is 12.1 Å². The summed E-state index contributed by atoms with van der Waals surface area (Å²) in [5, 5.41) is 0. The van der Waals surface area contributed by atoms with Gasteiger partial charge in [-0.25, -0.2) is 5.84 Å². The Hall–Kier alpha value is -2.80. The van der Waals surface area contributed by atoms with Crippen LogP contribution in [0, 0.1) is 6.92 Å². The van der Waals surface area contributed by atoms with Crippen LogP contribution >= 0.6 is 0 Å². The zero-order valence-electron chi connectivity index (χ0n) is 11.4. The lowest BCUT2D eigenvalue weighted by molar-refractivity contribution is 0.0924. The zero-order chi connectivity index (χ0) is 15.4. The lowest BCUT2D eigenvalue weighted by Crippen LogP contribution is -2.29. The molecule has 2 amide bonds. The summed E-state index contributed by atoms with van der Waals surface area (Å²) < 4.78 is 10.8. The Bertz CT molecular complexity index is 679.